The van der Waals surface area contributed by atoms with Crippen LogP contribution in [0, 0.1) is 0 Å². The van der Waals surface area contributed by atoms with Gasteiger partial charge in [0.2, 0.25) is 0 Å². The summed E-state index contributed by atoms with van der Waals surface area (Å²) >= 11 is 0. The molecule has 2 fully saturated rings. The molecule has 29 heavy (non-hydrogen) atoms. The fourth-order valence-electron chi connectivity index (χ4n) is 3.70. The zero-order chi connectivity index (χ0) is 20.6. The Balaban J connectivity index is 1.52. The van der Waals surface area contributed by atoms with Crippen molar-refractivity contribution in [3.8, 4) is 0 Å². The number of fused-ring (bicyclic) bond motifs is 1. The molecule has 0 spiro atoms. The highest BCUT2D eigenvalue weighted by Gasteiger charge is 2.52. The van der Waals surface area contributed by atoms with E-state index < -0.39 is 41.4 Å². The fourth-order valence-corrected chi connectivity index (χ4v) is 3.70. The number of carbonyl (C=O) groups excluding carboxylic acids is 1. The topological polar surface area (TPSA) is 125 Å². The van der Waals surface area contributed by atoms with E-state index in [1.165, 1.54) is 16.8 Å². The summed E-state index contributed by atoms with van der Waals surface area (Å²) in [6, 6.07) is 5.88. The van der Waals surface area contributed by atoms with Crippen molar-refractivity contribution < 1.29 is 19.0 Å². The van der Waals surface area contributed by atoms with Gasteiger partial charge in [-0.25, -0.2) is 4.79 Å². The number of hydrogen-bond acceptors (Lipinski definition) is 7. The van der Waals surface area contributed by atoms with Crippen LogP contribution in [0.2, 0.25) is 0 Å². The number of H-pyrrole nitrogens is 1. The zero-order valence-electron chi connectivity index (χ0n) is 16.0. The van der Waals surface area contributed by atoms with Gasteiger partial charge in [-0.1, -0.05) is 6.07 Å². The lowest BCUT2D eigenvalue weighted by Crippen LogP contribution is -2.54. The van der Waals surface area contributed by atoms with Gasteiger partial charge in [-0.15, -0.1) is 0 Å². The Labute approximate surface area is 165 Å². The van der Waals surface area contributed by atoms with Crippen molar-refractivity contribution in [3.63, 3.8) is 0 Å². The number of rotatable bonds is 4. The summed E-state index contributed by atoms with van der Waals surface area (Å²) in [6.45, 7) is 3.92. The second-order valence-electron chi connectivity index (χ2n) is 7.45. The Hall–Kier alpha value is -2.82. The molecule has 2 aliphatic rings. The molecule has 154 valence electrons. The van der Waals surface area contributed by atoms with Crippen LogP contribution >= 0.6 is 0 Å². The third-order valence-electron chi connectivity index (χ3n) is 4.96. The monoisotopic (exact) mass is 402 g/mol. The molecule has 1 amide bonds. The molecular weight excluding hydrogens is 380 g/mol. The Morgan fingerprint density at radius 1 is 1.28 bits per heavy atom. The van der Waals surface area contributed by atoms with Gasteiger partial charge >= 0.3 is 5.69 Å². The first-order valence-electron chi connectivity index (χ1n) is 9.32. The fraction of sp³-hybridized carbons (Fsp3) is 0.474. The third-order valence-corrected chi connectivity index (χ3v) is 4.96. The number of nitrogens with one attached hydrogen (secondary N) is 2. The van der Waals surface area contributed by atoms with E-state index in [1.54, 1.807) is 38.2 Å². The largest absolute Gasteiger partial charge is 0.371 e. The van der Waals surface area contributed by atoms with Crippen LogP contribution in [0.4, 0.5) is 0 Å². The number of carbonyl (C=O) groups is 1. The first-order valence-corrected chi connectivity index (χ1v) is 9.32. The Morgan fingerprint density at radius 2 is 2.07 bits per heavy atom. The highest BCUT2D eigenvalue weighted by atomic mass is 16.8. The van der Waals surface area contributed by atoms with Crippen molar-refractivity contribution in [2.45, 2.75) is 44.0 Å². The van der Waals surface area contributed by atoms with Crippen molar-refractivity contribution in [1.82, 2.24) is 19.9 Å². The van der Waals surface area contributed by atoms with Crippen molar-refractivity contribution in [3.05, 3.63) is 63.2 Å². The van der Waals surface area contributed by atoms with Gasteiger partial charge in [-0.2, -0.15) is 0 Å². The molecule has 2 aromatic heterocycles. The maximum absolute atomic E-state index is 12.3. The van der Waals surface area contributed by atoms with Gasteiger partial charge in [0, 0.05) is 25.0 Å². The lowest BCUT2D eigenvalue weighted by atomic mass is 9.97. The highest BCUT2D eigenvalue weighted by Crippen LogP contribution is 2.39. The van der Waals surface area contributed by atoms with Gasteiger partial charge in [-0.3, -0.25) is 24.1 Å². The minimum atomic E-state index is -0.879. The maximum Gasteiger partial charge on any atom is 0.328 e. The zero-order valence-corrected chi connectivity index (χ0v) is 16.0. The molecule has 2 N–H and O–H groups in total. The molecule has 10 nitrogen and oxygen atoms in total. The molecule has 2 saturated heterocycles. The van der Waals surface area contributed by atoms with Crippen molar-refractivity contribution in [2.75, 3.05) is 13.2 Å². The average Bonchev–Trinajstić information content (AvgIpc) is 3.02. The Kier molecular flexibility index (Phi) is 5.07. The number of aromatic nitrogens is 3. The van der Waals surface area contributed by atoms with Crippen LogP contribution in [0.15, 0.2) is 46.2 Å². The molecule has 2 aliphatic heterocycles. The van der Waals surface area contributed by atoms with Gasteiger partial charge < -0.3 is 19.5 Å². The summed E-state index contributed by atoms with van der Waals surface area (Å²) in [7, 11) is 0. The minimum absolute atomic E-state index is 0.163. The summed E-state index contributed by atoms with van der Waals surface area (Å²) in [5.74, 6) is -1.20. The summed E-state index contributed by atoms with van der Waals surface area (Å²) in [5, 5.41) is 2.80. The van der Waals surface area contributed by atoms with Crippen LogP contribution in [0.3, 0.4) is 0 Å². The molecule has 4 heterocycles. The standard InChI is InChI=1S/C19H22N4O6/c1-19(2)28-15-12(23-8-6-14(24)22-18(23)26)10-27-13(16(15)29-19)9-21-17(25)11-5-3-4-7-20-11/h3-8,12-13,15-16H,9-10H2,1-2H3,(H,21,25)(H,22,24,26)/t12-,13-,15+,16-/m1/s1. The highest BCUT2D eigenvalue weighted by molar-refractivity contribution is 5.92. The normalized spacial score (nSPS) is 27.9. The van der Waals surface area contributed by atoms with E-state index in [9.17, 15) is 14.4 Å². The number of amides is 1. The maximum atomic E-state index is 12.3. The van der Waals surface area contributed by atoms with E-state index in [0.717, 1.165) is 0 Å². The molecule has 0 aliphatic carbocycles. The van der Waals surface area contributed by atoms with Gasteiger partial charge in [0.05, 0.1) is 12.6 Å². The van der Waals surface area contributed by atoms with Crippen LogP contribution in [-0.2, 0) is 14.2 Å². The Bertz CT molecular complexity index is 1000. The third kappa shape index (κ3) is 4.00. The summed E-state index contributed by atoms with van der Waals surface area (Å²) in [5.41, 5.74) is -0.708. The average molecular weight is 402 g/mol. The second kappa shape index (κ2) is 7.54. The van der Waals surface area contributed by atoms with Crippen LogP contribution in [-0.4, -0.2) is 57.7 Å². The van der Waals surface area contributed by atoms with Crippen molar-refractivity contribution in [1.29, 1.82) is 0 Å². The molecule has 4 atom stereocenters. The van der Waals surface area contributed by atoms with Crippen molar-refractivity contribution >= 4 is 5.91 Å². The lowest BCUT2D eigenvalue weighted by Gasteiger charge is -2.37. The quantitative estimate of drug-likeness (QED) is 0.727. The summed E-state index contributed by atoms with van der Waals surface area (Å²) in [4.78, 5) is 42.2. The number of ether oxygens (including phenoxy) is 3. The first kappa shape index (κ1) is 19.5. The van der Waals surface area contributed by atoms with Gasteiger partial charge in [-0.05, 0) is 26.0 Å². The van der Waals surface area contributed by atoms with E-state index in [-0.39, 0.29) is 19.1 Å². The molecule has 0 aromatic carbocycles. The smallest absolute Gasteiger partial charge is 0.328 e. The van der Waals surface area contributed by atoms with Crippen LogP contribution in [0.1, 0.15) is 30.4 Å². The second-order valence-corrected chi connectivity index (χ2v) is 7.45. The molecule has 2 aromatic rings. The molecule has 0 saturated carbocycles. The van der Waals surface area contributed by atoms with Gasteiger partial charge in [0.25, 0.3) is 11.5 Å². The van der Waals surface area contributed by atoms with Crippen molar-refractivity contribution in [2.24, 2.45) is 0 Å². The van der Waals surface area contributed by atoms with E-state index in [4.69, 9.17) is 14.2 Å². The molecule has 0 unspecified atom stereocenters. The summed E-state index contributed by atoms with van der Waals surface area (Å²) in [6.07, 6.45) is 1.50. The van der Waals surface area contributed by atoms with Crippen LogP contribution < -0.4 is 16.6 Å². The molecule has 0 bridgehead atoms. The predicted octanol–water partition coefficient (Wildman–Crippen LogP) is -0.178. The van der Waals surface area contributed by atoms with Crippen LogP contribution in [0.25, 0.3) is 0 Å². The predicted molar refractivity (Wildman–Crippen MR) is 100 cm³/mol. The van der Waals surface area contributed by atoms with E-state index >= 15 is 0 Å². The minimum Gasteiger partial charge on any atom is -0.371 e. The van der Waals surface area contributed by atoms with E-state index in [1.807, 2.05) is 0 Å². The number of nitrogens with zero attached hydrogens (tertiary/aromatic N) is 2. The van der Waals surface area contributed by atoms with Gasteiger partial charge in [0.1, 0.15) is 24.0 Å². The SMILES string of the molecule is CC1(C)O[C@@H]2[C@H](O1)[C@@H](CNC(=O)c1ccccn1)OC[C@H]2n1ccc(=O)[nH]c1=O. The first-order chi connectivity index (χ1) is 13.8. The Morgan fingerprint density at radius 3 is 2.79 bits per heavy atom. The molecule has 10 heteroatoms. The lowest BCUT2D eigenvalue weighted by molar-refractivity contribution is -0.153. The number of pyridine rings is 1. The van der Waals surface area contributed by atoms with Crippen LogP contribution in [0.5, 0.6) is 0 Å². The van der Waals surface area contributed by atoms with E-state index in [0.29, 0.717) is 5.69 Å². The molecule has 0 radical (unpaired) electrons. The molecule has 4 rings (SSSR count). The molecular formula is C19H22N4O6. The summed E-state index contributed by atoms with van der Waals surface area (Å²) < 4.78 is 19.4. The van der Waals surface area contributed by atoms with Gasteiger partial charge in [0.15, 0.2) is 5.79 Å². The van der Waals surface area contributed by atoms with E-state index in [2.05, 4.69) is 15.3 Å². The number of hydrogen-bond donors (Lipinski definition) is 2. The number of aromatic amines is 1.